The number of amidine groups is 1. The molecule has 1 aliphatic carbocycles. The fraction of sp³-hybridized carbons (Fsp3) is 0.857. The number of hydrogen-bond acceptors (Lipinski definition) is 5. The third-order valence-electron chi connectivity index (χ3n) is 4.70. The average Bonchev–Trinajstić information content (AvgIpc) is 2.55. The summed E-state index contributed by atoms with van der Waals surface area (Å²) in [6, 6.07) is 0.174. The first-order chi connectivity index (χ1) is 10.1. The highest BCUT2D eigenvalue weighted by molar-refractivity contribution is 7.99. The lowest BCUT2D eigenvalue weighted by molar-refractivity contribution is -0.132. The van der Waals surface area contributed by atoms with Crippen molar-refractivity contribution in [3.8, 4) is 0 Å². The third-order valence-corrected chi connectivity index (χ3v) is 5.87. The van der Waals surface area contributed by atoms with Gasteiger partial charge in [0.05, 0.1) is 0 Å². The first-order valence-electron chi connectivity index (χ1n) is 7.53. The Kier molecular flexibility index (Phi) is 5.75. The van der Waals surface area contributed by atoms with Crippen LogP contribution in [0.2, 0.25) is 0 Å². The topological polar surface area (TPSA) is 96.9 Å². The number of rotatable bonds is 4. The fourth-order valence-corrected chi connectivity index (χ4v) is 4.20. The summed E-state index contributed by atoms with van der Waals surface area (Å²) in [5, 5.41) is 15.8. The van der Waals surface area contributed by atoms with Crippen molar-refractivity contribution in [2.75, 3.05) is 19.5 Å². The summed E-state index contributed by atoms with van der Waals surface area (Å²) >= 11 is 1.81. The van der Waals surface area contributed by atoms with Gasteiger partial charge in [-0.1, -0.05) is 18.0 Å². The standard InChI is InChI=1S/C14H25N3O3S/c1-21-11-5-3-2-4-10(11)16-13(18)14(12(15)17-19)6-8-20-9-7-14/h10-11,19H,2-9H2,1H3,(H2,15,17)(H,16,18). The summed E-state index contributed by atoms with van der Waals surface area (Å²) in [6.07, 6.45) is 7.50. The molecule has 1 aliphatic heterocycles. The second-order valence-electron chi connectivity index (χ2n) is 5.82. The van der Waals surface area contributed by atoms with Crippen molar-refractivity contribution in [2.45, 2.75) is 49.8 Å². The van der Waals surface area contributed by atoms with Crippen molar-refractivity contribution < 1.29 is 14.7 Å². The minimum Gasteiger partial charge on any atom is -0.409 e. The number of nitrogens with zero attached hydrogens (tertiary/aromatic N) is 1. The van der Waals surface area contributed by atoms with Crippen LogP contribution < -0.4 is 11.1 Å². The Balaban J connectivity index is 2.11. The second kappa shape index (κ2) is 7.35. The number of ether oxygens (including phenoxy) is 1. The zero-order chi connectivity index (χ0) is 15.3. The number of nitrogens with two attached hydrogens (primary N) is 1. The number of oxime groups is 1. The van der Waals surface area contributed by atoms with Gasteiger partial charge in [-0.15, -0.1) is 0 Å². The molecule has 2 fully saturated rings. The monoisotopic (exact) mass is 315 g/mol. The van der Waals surface area contributed by atoms with E-state index in [2.05, 4.69) is 16.7 Å². The maximum absolute atomic E-state index is 12.8. The van der Waals surface area contributed by atoms with Crippen LogP contribution in [-0.2, 0) is 9.53 Å². The zero-order valence-corrected chi connectivity index (χ0v) is 13.3. The van der Waals surface area contributed by atoms with Crippen molar-refractivity contribution in [3.63, 3.8) is 0 Å². The Hall–Kier alpha value is -0.950. The van der Waals surface area contributed by atoms with E-state index in [0.717, 1.165) is 19.3 Å². The Morgan fingerprint density at radius 1 is 1.38 bits per heavy atom. The van der Waals surface area contributed by atoms with Gasteiger partial charge in [-0.05, 0) is 31.9 Å². The molecule has 7 heteroatoms. The van der Waals surface area contributed by atoms with Gasteiger partial charge >= 0.3 is 0 Å². The first kappa shape index (κ1) is 16.4. The molecule has 21 heavy (non-hydrogen) atoms. The highest BCUT2D eigenvalue weighted by Crippen LogP contribution is 2.33. The highest BCUT2D eigenvalue weighted by atomic mass is 32.2. The number of hydrogen-bond donors (Lipinski definition) is 3. The average molecular weight is 315 g/mol. The summed E-state index contributed by atoms with van der Waals surface area (Å²) < 4.78 is 5.33. The lowest BCUT2D eigenvalue weighted by atomic mass is 9.77. The minimum absolute atomic E-state index is 0.000175. The van der Waals surface area contributed by atoms with Gasteiger partial charge in [0.15, 0.2) is 5.84 Å². The SMILES string of the molecule is CSC1CCCCC1NC(=O)C1(C(N)=NO)CCOCC1. The Labute approximate surface area is 129 Å². The Morgan fingerprint density at radius 2 is 2.05 bits per heavy atom. The summed E-state index contributed by atoms with van der Waals surface area (Å²) in [5.41, 5.74) is 4.91. The number of carbonyl (C=O) groups is 1. The lowest BCUT2D eigenvalue weighted by Gasteiger charge is -2.38. The maximum Gasteiger partial charge on any atom is 0.234 e. The predicted octanol–water partition coefficient (Wildman–Crippen LogP) is 1.32. The van der Waals surface area contributed by atoms with Gasteiger partial charge in [0.1, 0.15) is 5.41 Å². The van der Waals surface area contributed by atoms with Gasteiger partial charge in [0, 0.05) is 24.5 Å². The van der Waals surface area contributed by atoms with E-state index in [4.69, 9.17) is 15.7 Å². The van der Waals surface area contributed by atoms with Crippen LogP contribution in [0.25, 0.3) is 0 Å². The van der Waals surface area contributed by atoms with E-state index >= 15 is 0 Å². The van der Waals surface area contributed by atoms with Crippen LogP contribution in [0.15, 0.2) is 5.16 Å². The summed E-state index contributed by atoms with van der Waals surface area (Å²) in [7, 11) is 0. The smallest absolute Gasteiger partial charge is 0.234 e. The molecular weight excluding hydrogens is 290 g/mol. The van der Waals surface area contributed by atoms with Crippen LogP contribution in [-0.4, -0.2) is 47.7 Å². The lowest BCUT2D eigenvalue weighted by Crippen LogP contribution is -2.56. The minimum atomic E-state index is -0.923. The number of carbonyl (C=O) groups excluding carboxylic acids is 1. The Bertz CT molecular complexity index is 397. The van der Waals surface area contributed by atoms with E-state index in [1.165, 1.54) is 6.42 Å². The number of thioether (sulfide) groups is 1. The van der Waals surface area contributed by atoms with Crippen LogP contribution in [0.3, 0.4) is 0 Å². The van der Waals surface area contributed by atoms with Crippen molar-refractivity contribution in [3.05, 3.63) is 0 Å². The van der Waals surface area contributed by atoms with Gasteiger partial charge in [0.25, 0.3) is 0 Å². The number of amides is 1. The van der Waals surface area contributed by atoms with Crippen molar-refractivity contribution in [1.29, 1.82) is 0 Å². The van der Waals surface area contributed by atoms with Gasteiger partial charge in [-0.2, -0.15) is 11.8 Å². The van der Waals surface area contributed by atoms with E-state index in [-0.39, 0.29) is 17.8 Å². The molecule has 0 spiro atoms. The molecular formula is C14H25N3O3S. The first-order valence-corrected chi connectivity index (χ1v) is 8.82. The maximum atomic E-state index is 12.8. The molecule has 0 aromatic carbocycles. The van der Waals surface area contributed by atoms with Gasteiger partial charge in [0.2, 0.25) is 5.91 Å². The summed E-state index contributed by atoms with van der Waals surface area (Å²) in [4.78, 5) is 12.8. The fourth-order valence-electron chi connectivity index (χ4n) is 3.27. The van der Waals surface area contributed by atoms with Gasteiger partial charge < -0.3 is 21.0 Å². The van der Waals surface area contributed by atoms with Gasteiger partial charge in [-0.3, -0.25) is 4.79 Å². The van der Waals surface area contributed by atoms with Crippen LogP contribution in [0, 0.1) is 5.41 Å². The van der Waals surface area contributed by atoms with Gasteiger partial charge in [-0.25, -0.2) is 0 Å². The van der Waals surface area contributed by atoms with Crippen LogP contribution in [0.1, 0.15) is 38.5 Å². The molecule has 1 saturated carbocycles. The molecule has 0 bridgehead atoms. The molecule has 0 radical (unpaired) electrons. The van der Waals surface area contributed by atoms with E-state index in [9.17, 15) is 4.79 Å². The quantitative estimate of drug-likeness (QED) is 0.315. The normalized spacial score (nSPS) is 29.9. The van der Waals surface area contributed by atoms with Crippen molar-refractivity contribution in [2.24, 2.45) is 16.3 Å². The Morgan fingerprint density at radius 3 is 2.67 bits per heavy atom. The summed E-state index contributed by atoms with van der Waals surface area (Å²) in [6.45, 7) is 0.917. The van der Waals surface area contributed by atoms with Crippen molar-refractivity contribution >= 4 is 23.5 Å². The largest absolute Gasteiger partial charge is 0.409 e. The van der Waals surface area contributed by atoms with Crippen LogP contribution >= 0.6 is 11.8 Å². The molecule has 0 aromatic rings. The third kappa shape index (κ3) is 3.45. The molecule has 1 amide bonds. The molecule has 2 aliphatic rings. The number of nitrogens with one attached hydrogen (secondary N) is 1. The molecule has 6 nitrogen and oxygen atoms in total. The van der Waals surface area contributed by atoms with E-state index < -0.39 is 5.41 Å². The van der Waals surface area contributed by atoms with Crippen LogP contribution in [0.4, 0.5) is 0 Å². The van der Waals surface area contributed by atoms with Crippen LogP contribution in [0.5, 0.6) is 0 Å². The molecule has 0 aromatic heterocycles. The zero-order valence-electron chi connectivity index (χ0n) is 12.5. The predicted molar refractivity (Wildman–Crippen MR) is 83.6 cm³/mol. The molecule has 2 atom stereocenters. The van der Waals surface area contributed by atoms with E-state index in [0.29, 0.717) is 31.3 Å². The molecule has 2 unspecified atom stereocenters. The highest BCUT2D eigenvalue weighted by Gasteiger charge is 2.45. The molecule has 1 saturated heterocycles. The molecule has 1 heterocycles. The second-order valence-corrected chi connectivity index (χ2v) is 6.90. The molecule has 120 valence electrons. The van der Waals surface area contributed by atoms with E-state index in [1.54, 1.807) is 11.8 Å². The summed E-state index contributed by atoms with van der Waals surface area (Å²) in [5.74, 6) is -0.119. The molecule has 4 N–H and O–H groups in total. The molecule has 2 rings (SSSR count). The van der Waals surface area contributed by atoms with E-state index in [1.807, 2.05) is 0 Å². The van der Waals surface area contributed by atoms with Crippen molar-refractivity contribution in [1.82, 2.24) is 5.32 Å².